The molecule has 0 saturated heterocycles. The first-order valence-electron chi connectivity index (χ1n) is 10.1. The van der Waals surface area contributed by atoms with Crippen molar-refractivity contribution in [2.45, 2.75) is 103 Å². The Labute approximate surface area is 142 Å². The van der Waals surface area contributed by atoms with Gasteiger partial charge in [-0.05, 0) is 38.0 Å². The third kappa shape index (κ3) is 6.06. The van der Waals surface area contributed by atoms with Gasteiger partial charge in [0, 0.05) is 12.3 Å². The fourth-order valence-electron chi connectivity index (χ4n) is 4.44. The Morgan fingerprint density at radius 1 is 1.13 bits per heavy atom. The maximum absolute atomic E-state index is 12.0. The predicted octanol–water partition coefficient (Wildman–Crippen LogP) is 5.58. The van der Waals surface area contributed by atoms with Crippen molar-refractivity contribution >= 4 is 5.78 Å². The third-order valence-electron chi connectivity index (χ3n) is 5.88. The Balaban J connectivity index is 1.53. The average Bonchev–Trinajstić information content (AvgIpc) is 2.92. The number of carbonyl (C=O) groups excluding carboxylic acids is 1. The predicted molar refractivity (Wildman–Crippen MR) is 96.4 cm³/mol. The van der Waals surface area contributed by atoms with Crippen molar-refractivity contribution in [2.75, 3.05) is 0 Å². The lowest BCUT2D eigenvalue weighted by molar-refractivity contribution is -0.120. The quantitative estimate of drug-likeness (QED) is 0.421. The summed E-state index contributed by atoms with van der Waals surface area (Å²) in [6.45, 7) is 2.19. The summed E-state index contributed by atoms with van der Waals surface area (Å²) in [6.07, 6.45) is 18.2. The lowest BCUT2D eigenvalue weighted by atomic mass is 9.83. The van der Waals surface area contributed by atoms with E-state index in [1.54, 1.807) is 0 Å². The van der Waals surface area contributed by atoms with Crippen molar-refractivity contribution in [1.29, 1.82) is 0 Å². The fourth-order valence-corrected chi connectivity index (χ4v) is 4.44. The number of hydrogen-bond donors (Lipinski definition) is 1. The lowest BCUT2D eigenvalue weighted by Gasteiger charge is -2.26. The van der Waals surface area contributed by atoms with Gasteiger partial charge in [-0.1, -0.05) is 69.9 Å². The lowest BCUT2D eigenvalue weighted by Crippen LogP contribution is -2.22. The summed E-state index contributed by atoms with van der Waals surface area (Å²) in [6, 6.07) is 0. The summed E-state index contributed by atoms with van der Waals surface area (Å²) in [7, 11) is 0. The number of hydrogen-bond acceptors (Lipinski definition) is 2. The first-order chi connectivity index (χ1) is 11.2. The van der Waals surface area contributed by atoms with Crippen molar-refractivity contribution in [3.63, 3.8) is 0 Å². The van der Waals surface area contributed by atoms with Gasteiger partial charge in [0.2, 0.25) is 0 Å². The molecule has 2 atom stereocenters. The summed E-state index contributed by atoms with van der Waals surface area (Å²) < 4.78 is 0. The highest BCUT2D eigenvalue weighted by Gasteiger charge is 2.26. The maximum atomic E-state index is 12.0. The maximum Gasteiger partial charge on any atom is 0.143 e. The topological polar surface area (TPSA) is 37.3 Å². The van der Waals surface area contributed by atoms with E-state index in [0.717, 1.165) is 38.5 Å². The molecule has 2 nitrogen and oxygen atoms in total. The van der Waals surface area contributed by atoms with Crippen LogP contribution in [0.5, 0.6) is 0 Å². The van der Waals surface area contributed by atoms with E-state index in [0.29, 0.717) is 18.1 Å². The van der Waals surface area contributed by atoms with Gasteiger partial charge in [-0.2, -0.15) is 0 Å². The molecule has 0 bridgehead atoms. The number of allylic oxidation sites excluding steroid dienone is 2. The van der Waals surface area contributed by atoms with Crippen LogP contribution in [0.15, 0.2) is 11.6 Å². The highest BCUT2D eigenvalue weighted by Crippen LogP contribution is 2.31. The molecule has 1 N–H and O–H groups in total. The van der Waals surface area contributed by atoms with Crippen LogP contribution in [0.2, 0.25) is 0 Å². The highest BCUT2D eigenvalue weighted by molar-refractivity contribution is 5.88. The zero-order chi connectivity index (χ0) is 16.5. The van der Waals surface area contributed by atoms with Gasteiger partial charge < -0.3 is 5.11 Å². The Kier molecular flexibility index (Phi) is 8.36. The molecule has 0 amide bonds. The first-order valence-corrected chi connectivity index (χ1v) is 10.1. The van der Waals surface area contributed by atoms with Gasteiger partial charge in [0.1, 0.15) is 5.78 Å². The van der Waals surface area contributed by atoms with Crippen LogP contribution in [-0.4, -0.2) is 17.0 Å². The van der Waals surface area contributed by atoms with Gasteiger partial charge >= 0.3 is 0 Å². The van der Waals surface area contributed by atoms with E-state index in [9.17, 15) is 9.90 Å². The molecule has 0 aromatic rings. The molecular formula is C21H36O2. The van der Waals surface area contributed by atoms with Gasteiger partial charge in [0.05, 0.1) is 6.10 Å². The minimum absolute atomic E-state index is 0.0641. The Bertz CT molecular complexity index is 379. The van der Waals surface area contributed by atoms with Gasteiger partial charge in [-0.3, -0.25) is 4.79 Å². The van der Waals surface area contributed by atoms with Crippen LogP contribution in [0.3, 0.4) is 0 Å². The van der Waals surface area contributed by atoms with E-state index in [-0.39, 0.29) is 12.0 Å². The van der Waals surface area contributed by atoms with Crippen molar-refractivity contribution in [2.24, 2.45) is 11.8 Å². The molecular weight excluding hydrogens is 284 g/mol. The van der Waals surface area contributed by atoms with Crippen LogP contribution in [0.25, 0.3) is 0 Å². The SMILES string of the molecule is CCCC1=CCC(=O)[C@@H]1CCCCCCC(O)C1CCCCC1. The summed E-state index contributed by atoms with van der Waals surface area (Å²) in [5.41, 5.74) is 1.41. The second kappa shape index (κ2) is 10.3. The Morgan fingerprint density at radius 2 is 1.87 bits per heavy atom. The standard InChI is InChI=1S/C21H36O2/c1-2-10-17-15-16-21(23)19(17)13-8-3-4-9-14-20(22)18-11-6-5-7-12-18/h15,18-20,22H,2-14,16H2,1H3/t19-,20?/m1/s1. The minimum Gasteiger partial charge on any atom is -0.393 e. The molecule has 132 valence electrons. The van der Waals surface area contributed by atoms with Gasteiger partial charge in [0.25, 0.3) is 0 Å². The molecule has 2 aliphatic rings. The molecule has 0 heterocycles. The zero-order valence-corrected chi connectivity index (χ0v) is 15.1. The van der Waals surface area contributed by atoms with Gasteiger partial charge in [0.15, 0.2) is 0 Å². The second-order valence-electron chi connectivity index (χ2n) is 7.71. The largest absolute Gasteiger partial charge is 0.393 e. The molecule has 0 aliphatic heterocycles. The molecule has 0 aromatic carbocycles. The summed E-state index contributed by atoms with van der Waals surface area (Å²) in [5.74, 6) is 1.26. The molecule has 23 heavy (non-hydrogen) atoms. The number of carbonyl (C=O) groups is 1. The number of Topliss-reactive ketones (excluding diaryl/α,β-unsaturated/α-hetero) is 1. The van der Waals surface area contributed by atoms with E-state index in [4.69, 9.17) is 0 Å². The first kappa shape index (κ1) is 18.7. The molecule has 1 unspecified atom stereocenters. The number of aliphatic hydroxyl groups excluding tert-OH is 1. The Morgan fingerprint density at radius 3 is 2.61 bits per heavy atom. The molecule has 2 heteroatoms. The van der Waals surface area contributed by atoms with Gasteiger partial charge in [-0.15, -0.1) is 0 Å². The minimum atomic E-state index is -0.0641. The second-order valence-corrected chi connectivity index (χ2v) is 7.71. The van der Waals surface area contributed by atoms with Crippen LogP contribution in [0.4, 0.5) is 0 Å². The highest BCUT2D eigenvalue weighted by atomic mass is 16.3. The van der Waals surface area contributed by atoms with E-state index >= 15 is 0 Å². The third-order valence-corrected chi connectivity index (χ3v) is 5.88. The van der Waals surface area contributed by atoms with E-state index in [1.165, 1.54) is 50.5 Å². The average molecular weight is 321 g/mol. The van der Waals surface area contributed by atoms with Crippen LogP contribution in [0.1, 0.15) is 96.8 Å². The fraction of sp³-hybridized carbons (Fsp3) is 0.857. The molecule has 0 spiro atoms. The van der Waals surface area contributed by atoms with Crippen molar-refractivity contribution in [3.8, 4) is 0 Å². The molecule has 1 fully saturated rings. The normalized spacial score (nSPS) is 24.0. The summed E-state index contributed by atoms with van der Waals surface area (Å²) >= 11 is 0. The smallest absolute Gasteiger partial charge is 0.143 e. The van der Waals surface area contributed by atoms with Crippen LogP contribution in [-0.2, 0) is 4.79 Å². The molecule has 2 rings (SSSR count). The Hall–Kier alpha value is -0.630. The number of aliphatic hydroxyl groups is 1. The van der Waals surface area contributed by atoms with Crippen LogP contribution in [0, 0.1) is 11.8 Å². The van der Waals surface area contributed by atoms with Crippen molar-refractivity contribution < 1.29 is 9.90 Å². The zero-order valence-electron chi connectivity index (χ0n) is 15.1. The van der Waals surface area contributed by atoms with Crippen LogP contribution >= 0.6 is 0 Å². The number of rotatable bonds is 10. The molecule has 2 aliphatic carbocycles. The molecule has 0 radical (unpaired) electrons. The van der Waals surface area contributed by atoms with E-state index in [2.05, 4.69) is 13.0 Å². The van der Waals surface area contributed by atoms with E-state index in [1.807, 2.05) is 0 Å². The summed E-state index contributed by atoms with van der Waals surface area (Å²) in [5, 5.41) is 10.3. The summed E-state index contributed by atoms with van der Waals surface area (Å²) in [4.78, 5) is 12.0. The van der Waals surface area contributed by atoms with Crippen LogP contribution < -0.4 is 0 Å². The van der Waals surface area contributed by atoms with Crippen molar-refractivity contribution in [1.82, 2.24) is 0 Å². The van der Waals surface area contributed by atoms with E-state index < -0.39 is 0 Å². The monoisotopic (exact) mass is 320 g/mol. The molecule has 1 saturated carbocycles. The van der Waals surface area contributed by atoms with Gasteiger partial charge in [-0.25, -0.2) is 0 Å². The van der Waals surface area contributed by atoms with Crippen molar-refractivity contribution in [3.05, 3.63) is 11.6 Å². The number of ketones is 1. The molecule has 0 aromatic heterocycles. The number of unbranched alkanes of at least 4 members (excludes halogenated alkanes) is 3.